The van der Waals surface area contributed by atoms with Crippen LogP contribution in [0.1, 0.15) is 6.92 Å². The Hall–Kier alpha value is -1.50. The fourth-order valence-corrected chi connectivity index (χ4v) is 0.706. The van der Waals surface area contributed by atoms with E-state index in [1.54, 1.807) is 0 Å². The van der Waals surface area contributed by atoms with Crippen molar-refractivity contribution in [1.82, 2.24) is 0 Å². The van der Waals surface area contributed by atoms with Crippen LogP contribution in [0.15, 0.2) is 0 Å². The molecule has 2 N–H and O–H groups in total. The van der Waals surface area contributed by atoms with Crippen molar-refractivity contribution in [2.45, 2.75) is 6.92 Å². The molecule has 0 atom stereocenters. The van der Waals surface area contributed by atoms with Crippen LogP contribution in [-0.4, -0.2) is 41.0 Å². The maximum atomic E-state index is 10.9. The van der Waals surface area contributed by atoms with E-state index in [2.05, 4.69) is 9.47 Å². The molecule has 0 aliphatic heterocycles. The second kappa shape index (κ2) is 5.40. The SMILES string of the molecule is CC(COC(=O)O)(COC(=O)O)C(=O)Cl. The quantitative estimate of drug-likeness (QED) is 0.548. The molecule has 86 valence electrons. The smallest absolute Gasteiger partial charge is 0.450 e. The van der Waals surface area contributed by atoms with Crippen molar-refractivity contribution < 1.29 is 34.1 Å². The lowest BCUT2D eigenvalue weighted by atomic mass is 9.95. The number of ether oxygens (including phenoxy) is 2. The van der Waals surface area contributed by atoms with Gasteiger partial charge in [0.25, 0.3) is 0 Å². The van der Waals surface area contributed by atoms with Crippen LogP contribution in [-0.2, 0) is 14.3 Å². The molecule has 0 spiro atoms. The average molecular weight is 241 g/mol. The molecule has 0 aliphatic rings. The van der Waals surface area contributed by atoms with Crippen LogP contribution in [0.2, 0.25) is 0 Å². The maximum absolute atomic E-state index is 10.9. The summed E-state index contributed by atoms with van der Waals surface area (Å²) >= 11 is 5.17. The van der Waals surface area contributed by atoms with Crippen LogP contribution >= 0.6 is 11.6 Å². The Bertz CT molecular complexity index is 257. The Labute approximate surface area is 89.5 Å². The number of carbonyl (C=O) groups excluding carboxylic acids is 1. The van der Waals surface area contributed by atoms with Crippen LogP contribution in [0.3, 0.4) is 0 Å². The molecule has 0 saturated carbocycles. The highest BCUT2D eigenvalue weighted by atomic mass is 35.5. The lowest BCUT2D eigenvalue weighted by Gasteiger charge is -2.22. The summed E-state index contributed by atoms with van der Waals surface area (Å²) < 4.78 is 8.28. The van der Waals surface area contributed by atoms with E-state index in [0.29, 0.717) is 0 Å². The van der Waals surface area contributed by atoms with Crippen molar-refractivity contribution in [1.29, 1.82) is 0 Å². The van der Waals surface area contributed by atoms with Gasteiger partial charge in [0.05, 0.1) is 0 Å². The van der Waals surface area contributed by atoms with E-state index in [1.165, 1.54) is 6.92 Å². The molecule has 0 fully saturated rings. The van der Waals surface area contributed by atoms with E-state index in [-0.39, 0.29) is 0 Å². The standard InChI is InChI=1S/C7H9ClO7/c1-7(4(8)9,2-14-5(10)11)3-15-6(12)13/h2-3H2,1H3,(H,10,11)(H,12,13). The van der Waals surface area contributed by atoms with Crippen LogP contribution in [0.5, 0.6) is 0 Å². The lowest BCUT2D eigenvalue weighted by molar-refractivity contribution is -0.124. The number of rotatable bonds is 5. The van der Waals surface area contributed by atoms with Crippen molar-refractivity contribution in [3.05, 3.63) is 0 Å². The van der Waals surface area contributed by atoms with Crippen molar-refractivity contribution >= 4 is 29.2 Å². The van der Waals surface area contributed by atoms with Gasteiger partial charge in [-0.1, -0.05) is 0 Å². The highest BCUT2D eigenvalue weighted by molar-refractivity contribution is 6.64. The second-order valence-corrected chi connectivity index (χ2v) is 3.29. The van der Waals surface area contributed by atoms with Crippen LogP contribution in [0, 0.1) is 5.41 Å². The summed E-state index contributed by atoms with van der Waals surface area (Å²) in [6.45, 7) is 0.0874. The summed E-state index contributed by atoms with van der Waals surface area (Å²) in [5.74, 6) is 0. The molecule has 0 aromatic carbocycles. The fourth-order valence-electron chi connectivity index (χ4n) is 0.597. The zero-order chi connectivity index (χ0) is 12.1. The summed E-state index contributed by atoms with van der Waals surface area (Å²) in [5, 5.41) is 15.5. The van der Waals surface area contributed by atoms with Crippen molar-refractivity contribution in [3.63, 3.8) is 0 Å². The van der Waals surface area contributed by atoms with Gasteiger partial charge in [0.15, 0.2) is 0 Å². The third-order valence-corrected chi connectivity index (χ3v) is 1.96. The molecule has 7 nitrogen and oxygen atoms in total. The summed E-state index contributed by atoms with van der Waals surface area (Å²) in [7, 11) is 0. The first kappa shape index (κ1) is 13.5. The monoisotopic (exact) mass is 240 g/mol. The van der Waals surface area contributed by atoms with Gasteiger partial charge in [0, 0.05) is 0 Å². The van der Waals surface area contributed by atoms with E-state index in [9.17, 15) is 14.4 Å². The Morgan fingerprint density at radius 2 is 1.47 bits per heavy atom. The van der Waals surface area contributed by atoms with E-state index in [0.717, 1.165) is 0 Å². The van der Waals surface area contributed by atoms with Crippen LogP contribution < -0.4 is 0 Å². The average Bonchev–Trinajstić information content (AvgIpc) is 2.11. The van der Waals surface area contributed by atoms with Crippen LogP contribution in [0.25, 0.3) is 0 Å². The first-order valence-electron chi connectivity index (χ1n) is 3.69. The van der Waals surface area contributed by atoms with Crippen molar-refractivity contribution in [2.75, 3.05) is 13.2 Å². The number of carbonyl (C=O) groups is 3. The predicted octanol–water partition coefficient (Wildman–Crippen LogP) is 1.15. The van der Waals surface area contributed by atoms with Crippen LogP contribution in [0.4, 0.5) is 9.59 Å². The van der Waals surface area contributed by atoms with Gasteiger partial charge in [0.1, 0.15) is 18.6 Å². The Balaban J connectivity index is 4.38. The normalized spacial score (nSPS) is 10.5. The Morgan fingerprint density at radius 1 is 1.13 bits per heavy atom. The van der Waals surface area contributed by atoms with E-state index < -0.39 is 36.2 Å². The van der Waals surface area contributed by atoms with Crippen molar-refractivity contribution in [3.8, 4) is 0 Å². The lowest BCUT2D eigenvalue weighted by Crippen LogP contribution is -2.36. The second-order valence-electron chi connectivity index (χ2n) is 2.94. The summed E-state index contributed by atoms with van der Waals surface area (Å²) in [6.07, 6.45) is -3.18. The minimum atomic E-state index is -1.59. The van der Waals surface area contributed by atoms with E-state index >= 15 is 0 Å². The molecule has 0 rings (SSSR count). The van der Waals surface area contributed by atoms with Gasteiger partial charge >= 0.3 is 12.3 Å². The van der Waals surface area contributed by atoms with Gasteiger partial charge in [-0.2, -0.15) is 0 Å². The zero-order valence-electron chi connectivity index (χ0n) is 7.73. The number of carboxylic acid groups (broad SMARTS) is 2. The van der Waals surface area contributed by atoms with Gasteiger partial charge in [-0.25, -0.2) is 9.59 Å². The molecule has 0 amide bonds. The number of hydrogen-bond donors (Lipinski definition) is 2. The Kier molecular flexibility index (Phi) is 4.86. The molecule has 8 heteroatoms. The summed E-state index contributed by atoms with van der Waals surface area (Å²) in [6, 6.07) is 0. The fraction of sp³-hybridized carbons (Fsp3) is 0.571. The highest BCUT2D eigenvalue weighted by Crippen LogP contribution is 2.21. The molecule has 0 unspecified atom stereocenters. The summed E-state index contributed by atoms with van der Waals surface area (Å²) in [4.78, 5) is 31.1. The van der Waals surface area contributed by atoms with Gasteiger partial charge < -0.3 is 19.7 Å². The van der Waals surface area contributed by atoms with Gasteiger partial charge in [-0.05, 0) is 18.5 Å². The molecular weight excluding hydrogens is 232 g/mol. The van der Waals surface area contributed by atoms with Gasteiger partial charge in [0.2, 0.25) is 5.24 Å². The third-order valence-electron chi connectivity index (χ3n) is 1.50. The molecule has 0 radical (unpaired) electrons. The van der Waals surface area contributed by atoms with E-state index in [4.69, 9.17) is 21.8 Å². The highest BCUT2D eigenvalue weighted by Gasteiger charge is 2.35. The predicted molar refractivity (Wildman–Crippen MR) is 46.9 cm³/mol. The van der Waals surface area contributed by atoms with Crippen molar-refractivity contribution in [2.24, 2.45) is 5.41 Å². The Morgan fingerprint density at radius 3 is 1.67 bits per heavy atom. The number of halogens is 1. The molecule has 0 aliphatic carbocycles. The molecule has 0 bridgehead atoms. The first-order chi connectivity index (χ1) is 6.78. The third kappa shape index (κ3) is 5.06. The maximum Gasteiger partial charge on any atom is 0.505 e. The molecule has 0 aromatic rings. The first-order valence-corrected chi connectivity index (χ1v) is 4.07. The zero-order valence-corrected chi connectivity index (χ0v) is 8.48. The van der Waals surface area contributed by atoms with Gasteiger partial charge in [-0.3, -0.25) is 4.79 Å². The molecule has 0 saturated heterocycles. The molecule has 15 heavy (non-hydrogen) atoms. The largest absolute Gasteiger partial charge is 0.505 e. The molecule has 0 heterocycles. The molecular formula is C7H9ClO7. The van der Waals surface area contributed by atoms with E-state index in [1.807, 2.05) is 0 Å². The number of hydrogen-bond acceptors (Lipinski definition) is 5. The van der Waals surface area contributed by atoms with Gasteiger partial charge in [-0.15, -0.1) is 0 Å². The summed E-state index contributed by atoms with van der Waals surface area (Å²) in [5.41, 5.74) is -1.52. The minimum Gasteiger partial charge on any atom is -0.450 e. The minimum absolute atomic E-state index is 0.571. The topological polar surface area (TPSA) is 110 Å². The molecule has 0 aromatic heterocycles.